The molecule has 2 aromatic carbocycles. The maximum absolute atomic E-state index is 12.7. The van der Waals surface area contributed by atoms with Gasteiger partial charge in [0.1, 0.15) is 5.75 Å². The number of carbonyl (C=O) groups is 1. The second-order valence-corrected chi connectivity index (χ2v) is 6.44. The Kier molecular flexibility index (Phi) is 7.19. The normalized spacial score (nSPS) is 11.0. The van der Waals surface area contributed by atoms with Gasteiger partial charge < -0.3 is 10.1 Å². The quantitative estimate of drug-likeness (QED) is 0.464. The Bertz CT molecular complexity index is 976. The Morgan fingerprint density at radius 2 is 1.83 bits per heavy atom. The Balaban J connectivity index is 1.83. The van der Waals surface area contributed by atoms with Crippen molar-refractivity contribution >= 4 is 29.2 Å². The van der Waals surface area contributed by atoms with Crippen LogP contribution in [0.4, 0.5) is 5.69 Å². The summed E-state index contributed by atoms with van der Waals surface area (Å²) in [6.45, 7) is 2.74. The highest BCUT2D eigenvalue weighted by Gasteiger charge is 2.11. The van der Waals surface area contributed by atoms with Crippen LogP contribution in [0.15, 0.2) is 77.9 Å². The van der Waals surface area contributed by atoms with Crippen LogP contribution in [0.25, 0.3) is 0 Å². The molecule has 0 radical (unpaired) electrons. The molecular weight excluding hydrogens is 388 g/mol. The van der Waals surface area contributed by atoms with E-state index in [2.05, 4.69) is 20.6 Å². The van der Waals surface area contributed by atoms with Crippen LogP contribution >= 0.6 is 11.6 Å². The van der Waals surface area contributed by atoms with Crippen LogP contribution < -0.4 is 15.4 Å². The number of aliphatic imine (C=N–C) groups is 1. The van der Waals surface area contributed by atoms with Crippen LogP contribution in [0.3, 0.4) is 0 Å². The second-order valence-electron chi connectivity index (χ2n) is 6.00. The van der Waals surface area contributed by atoms with Crippen LogP contribution in [0.2, 0.25) is 5.02 Å². The zero-order chi connectivity index (χ0) is 20.5. The Labute approximate surface area is 174 Å². The number of hydrogen-bond acceptors (Lipinski definition) is 4. The van der Waals surface area contributed by atoms with Gasteiger partial charge in [0.05, 0.1) is 24.5 Å². The maximum atomic E-state index is 12.7. The molecule has 1 aromatic heterocycles. The molecule has 0 aliphatic rings. The SMILES string of the molecule is CCOc1ccccc1NC(=NCc1ccccn1)NC(=O)c1ccc(Cl)cc1. The summed E-state index contributed by atoms with van der Waals surface area (Å²) in [7, 11) is 0. The number of anilines is 1. The number of para-hydroxylation sites is 2. The number of aromatic nitrogens is 1. The first kappa shape index (κ1) is 20.4. The molecule has 0 aliphatic carbocycles. The molecule has 0 bridgehead atoms. The molecule has 3 rings (SSSR count). The van der Waals surface area contributed by atoms with Crippen molar-refractivity contribution in [3.63, 3.8) is 0 Å². The highest BCUT2D eigenvalue weighted by molar-refractivity contribution is 6.30. The lowest BCUT2D eigenvalue weighted by Crippen LogP contribution is -2.36. The van der Waals surface area contributed by atoms with Gasteiger partial charge in [-0.05, 0) is 55.5 Å². The lowest BCUT2D eigenvalue weighted by molar-refractivity contribution is 0.0977. The number of pyridine rings is 1. The standard InChI is InChI=1S/C22H21ClN4O2/c1-2-29-20-9-4-3-8-19(20)26-22(25-15-18-7-5-6-14-24-18)27-21(28)16-10-12-17(23)13-11-16/h3-14H,2,15H2,1H3,(H2,25,26,27,28). The summed E-state index contributed by atoms with van der Waals surface area (Å²) in [4.78, 5) is 21.4. The van der Waals surface area contributed by atoms with Crippen molar-refractivity contribution in [2.24, 2.45) is 4.99 Å². The third-order valence-electron chi connectivity index (χ3n) is 3.90. The molecule has 0 spiro atoms. The lowest BCUT2D eigenvalue weighted by Gasteiger charge is -2.15. The first-order valence-electron chi connectivity index (χ1n) is 9.16. The summed E-state index contributed by atoms with van der Waals surface area (Å²) >= 11 is 5.91. The monoisotopic (exact) mass is 408 g/mol. The van der Waals surface area contributed by atoms with E-state index in [9.17, 15) is 4.79 Å². The zero-order valence-corrected chi connectivity index (χ0v) is 16.7. The van der Waals surface area contributed by atoms with Gasteiger partial charge in [-0.15, -0.1) is 0 Å². The van der Waals surface area contributed by atoms with Crippen LogP contribution in [0.1, 0.15) is 23.0 Å². The summed E-state index contributed by atoms with van der Waals surface area (Å²) in [6, 6.07) is 19.7. The molecule has 2 N–H and O–H groups in total. The van der Waals surface area contributed by atoms with E-state index in [0.29, 0.717) is 41.1 Å². The van der Waals surface area contributed by atoms with E-state index in [0.717, 1.165) is 5.69 Å². The van der Waals surface area contributed by atoms with Crippen molar-refractivity contribution in [1.29, 1.82) is 0 Å². The zero-order valence-electron chi connectivity index (χ0n) is 15.9. The molecule has 0 atom stereocenters. The first-order valence-corrected chi connectivity index (χ1v) is 9.53. The van der Waals surface area contributed by atoms with Crippen LogP contribution in [-0.4, -0.2) is 23.5 Å². The Hall–Kier alpha value is -3.38. The van der Waals surface area contributed by atoms with Gasteiger partial charge in [-0.25, -0.2) is 4.99 Å². The van der Waals surface area contributed by atoms with Crippen molar-refractivity contribution in [2.75, 3.05) is 11.9 Å². The number of hydrogen-bond donors (Lipinski definition) is 2. The smallest absolute Gasteiger partial charge is 0.257 e. The van der Waals surface area contributed by atoms with Crippen molar-refractivity contribution in [1.82, 2.24) is 10.3 Å². The minimum atomic E-state index is -0.303. The topological polar surface area (TPSA) is 75.6 Å². The molecule has 148 valence electrons. The van der Waals surface area contributed by atoms with Gasteiger partial charge >= 0.3 is 0 Å². The Morgan fingerprint density at radius 3 is 2.55 bits per heavy atom. The molecule has 3 aromatic rings. The van der Waals surface area contributed by atoms with Gasteiger partial charge in [0.25, 0.3) is 5.91 Å². The van der Waals surface area contributed by atoms with Crippen LogP contribution in [0.5, 0.6) is 5.75 Å². The number of halogens is 1. The summed E-state index contributed by atoms with van der Waals surface area (Å²) in [6.07, 6.45) is 1.70. The van der Waals surface area contributed by atoms with E-state index in [1.807, 2.05) is 49.4 Å². The average Bonchev–Trinajstić information content (AvgIpc) is 2.75. The maximum Gasteiger partial charge on any atom is 0.257 e. The third kappa shape index (κ3) is 6.05. The number of benzene rings is 2. The number of nitrogens with one attached hydrogen (secondary N) is 2. The summed E-state index contributed by atoms with van der Waals surface area (Å²) in [5.74, 6) is 0.659. The molecule has 0 unspecified atom stereocenters. The van der Waals surface area contributed by atoms with Gasteiger partial charge in [0.2, 0.25) is 5.96 Å². The molecule has 0 saturated carbocycles. The van der Waals surface area contributed by atoms with Gasteiger partial charge in [-0.3, -0.25) is 15.1 Å². The van der Waals surface area contributed by atoms with Crippen LogP contribution in [0, 0.1) is 0 Å². The predicted octanol–water partition coefficient (Wildman–Crippen LogP) is 4.53. The fraction of sp³-hybridized carbons (Fsp3) is 0.136. The molecule has 0 aliphatic heterocycles. The summed E-state index contributed by atoms with van der Waals surface area (Å²) in [5, 5.41) is 6.53. The van der Waals surface area contributed by atoms with Gasteiger partial charge in [0, 0.05) is 16.8 Å². The van der Waals surface area contributed by atoms with Crippen molar-refractivity contribution in [3.8, 4) is 5.75 Å². The number of carbonyl (C=O) groups excluding carboxylic acids is 1. The fourth-order valence-corrected chi connectivity index (χ4v) is 2.65. The average molecular weight is 409 g/mol. The molecule has 1 heterocycles. The molecule has 0 saturated heterocycles. The predicted molar refractivity (Wildman–Crippen MR) is 116 cm³/mol. The summed E-state index contributed by atoms with van der Waals surface area (Å²) in [5.41, 5.74) is 1.95. The fourth-order valence-electron chi connectivity index (χ4n) is 2.52. The Morgan fingerprint density at radius 1 is 1.07 bits per heavy atom. The van der Waals surface area contributed by atoms with Crippen LogP contribution in [-0.2, 0) is 6.54 Å². The minimum absolute atomic E-state index is 0.294. The minimum Gasteiger partial charge on any atom is -0.492 e. The van der Waals surface area contributed by atoms with Gasteiger partial charge in [-0.1, -0.05) is 29.8 Å². The first-order chi connectivity index (χ1) is 14.2. The van der Waals surface area contributed by atoms with E-state index in [4.69, 9.17) is 16.3 Å². The van der Waals surface area contributed by atoms with Gasteiger partial charge in [-0.2, -0.15) is 0 Å². The molecule has 1 amide bonds. The van der Waals surface area contributed by atoms with Crippen molar-refractivity contribution in [3.05, 3.63) is 89.2 Å². The van der Waals surface area contributed by atoms with Gasteiger partial charge in [0.15, 0.2) is 0 Å². The van der Waals surface area contributed by atoms with E-state index in [-0.39, 0.29) is 5.91 Å². The highest BCUT2D eigenvalue weighted by Crippen LogP contribution is 2.23. The molecule has 29 heavy (non-hydrogen) atoms. The number of nitrogens with zero attached hydrogens (tertiary/aromatic N) is 2. The number of amides is 1. The number of guanidine groups is 1. The van der Waals surface area contributed by atoms with E-state index >= 15 is 0 Å². The van der Waals surface area contributed by atoms with Crippen molar-refractivity contribution < 1.29 is 9.53 Å². The van der Waals surface area contributed by atoms with Crippen molar-refractivity contribution in [2.45, 2.75) is 13.5 Å². The molecule has 7 heteroatoms. The molecule has 6 nitrogen and oxygen atoms in total. The van der Waals surface area contributed by atoms with E-state index in [1.54, 1.807) is 30.5 Å². The van der Waals surface area contributed by atoms with E-state index < -0.39 is 0 Å². The number of rotatable bonds is 6. The third-order valence-corrected chi connectivity index (χ3v) is 4.16. The second kappa shape index (κ2) is 10.2. The van der Waals surface area contributed by atoms with E-state index in [1.165, 1.54) is 0 Å². The highest BCUT2D eigenvalue weighted by atomic mass is 35.5. The molecule has 0 fully saturated rings. The largest absolute Gasteiger partial charge is 0.492 e. The number of ether oxygens (including phenoxy) is 1. The molecular formula is C22H21ClN4O2. The lowest BCUT2D eigenvalue weighted by atomic mass is 10.2. The summed E-state index contributed by atoms with van der Waals surface area (Å²) < 4.78 is 5.65.